The molecule has 4 aromatic rings. The van der Waals surface area contributed by atoms with Gasteiger partial charge in [-0.15, -0.1) is 11.8 Å². The highest BCUT2D eigenvalue weighted by Gasteiger charge is 2.23. The minimum atomic E-state index is -0.0629. The molecule has 0 fully saturated rings. The maximum Gasteiger partial charge on any atom is 0.260 e. The van der Waals surface area contributed by atoms with Crippen molar-refractivity contribution in [2.24, 2.45) is 0 Å². The molecule has 6 nitrogen and oxygen atoms in total. The molecule has 33 heavy (non-hydrogen) atoms. The number of aromatic nitrogens is 3. The van der Waals surface area contributed by atoms with Crippen molar-refractivity contribution in [1.29, 1.82) is 0 Å². The van der Waals surface area contributed by atoms with Gasteiger partial charge in [-0.05, 0) is 62.9 Å². The number of thiazole rings is 1. The molecule has 0 N–H and O–H groups in total. The van der Waals surface area contributed by atoms with Gasteiger partial charge in [0.15, 0.2) is 5.13 Å². The highest BCUT2D eigenvalue weighted by Crippen LogP contribution is 2.35. The summed E-state index contributed by atoms with van der Waals surface area (Å²) in [7, 11) is 0. The van der Waals surface area contributed by atoms with Crippen LogP contribution in [-0.2, 0) is 6.54 Å². The third-order valence-electron chi connectivity index (χ3n) is 5.18. The van der Waals surface area contributed by atoms with E-state index in [2.05, 4.69) is 12.0 Å². The summed E-state index contributed by atoms with van der Waals surface area (Å²) >= 11 is 3.23. The van der Waals surface area contributed by atoms with Crippen molar-refractivity contribution in [2.75, 3.05) is 23.8 Å². The Balaban J connectivity index is 1.71. The molecule has 0 saturated carbocycles. The van der Waals surface area contributed by atoms with Crippen LogP contribution in [0.5, 0.6) is 5.75 Å². The first-order chi connectivity index (χ1) is 16.0. The first kappa shape index (κ1) is 23.3. The third-order valence-corrected chi connectivity index (χ3v) is 7.10. The number of para-hydroxylation sites is 1. The Bertz CT molecular complexity index is 1260. The van der Waals surface area contributed by atoms with Gasteiger partial charge < -0.3 is 4.74 Å². The van der Waals surface area contributed by atoms with E-state index < -0.39 is 0 Å². The van der Waals surface area contributed by atoms with Gasteiger partial charge in [0.1, 0.15) is 11.3 Å². The van der Waals surface area contributed by atoms with Gasteiger partial charge >= 0.3 is 0 Å². The van der Waals surface area contributed by atoms with Gasteiger partial charge in [-0.25, -0.2) is 4.98 Å². The molecule has 172 valence electrons. The SMILES string of the molecule is CCOc1cccc2sc(N(CCn3nc(C)cc3C)C(=O)c3cccc(SCC)c3)nc12. The molecule has 0 radical (unpaired) electrons. The van der Waals surface area contributed by atoms with E-state index in [1.807, 2.05) is 74.0 Å². The average molecular weight is 481 g/mol. The summed E-state index contributed by atoms with van der Waals surface area (Å²) in [5.41, 5.74) is 3.49. The molecular formula is C25H28N4O2S2. The Morgan fingerprint density at radius 3 is 2.70 bits per heavy atom. The number of aryl methyl sites for hydroxylation is 2. The number of benzene rings is 2. The molecule has 0 aliphatic rings. The molecule has 0 aliphatic carbocycles. The summed E-state index contributed by atoms with van der Waals surface area (Å²) < 4.78 is 8.71. The summed E-state index contributed by atoms with van der Waals surface area (Å²) in [6.45, 7) is 9.69. The van der Waals surface area contributed by atoms with Crippen LogP contribution in [0.2, 0.25) is 0 Å². The van der Waals surface area contributed by atoms with E-state index >= 15 is 0 Å². The second kappa shape index (κ2) is 10.4. The van der Waals surface area contributed by atoms with Crippen LogP contribution in [0, 0.1) is 13.8 Å². The fourth-order valence-corrected chi connectivity index (χ4v) is 5.45. The number of carbonyl (C=O) groups is 1. The van der Waals surface area contributed by atoms with Gasteiger partial charge in [-0.3, -0.25) is 14.4 Å². The van der Waals surface area contributed by atoms with Crippen LogP contribution < -0.4 is 9.64 Å². The summed E-state index contributed by atoms with van der Waals surface area (Å²) in [6.07, 6.45) is 0. The zero-order valence-corrected chi connectivity index (χ0v) is 21.0. The fourth-order valence-electron chi connectivity index (χ4n) is 3.72. The lowest BCUT2D eigenvalue weighted by molar-refractivity contribution is 0.0985. The van der Waals surface area contributed by atoms with E-state index in [0.29, 0.717) is 30.4 Å². The van der Waals surface area contributed by atoms with Gasteiger partial charge in [0.05, 0.1) is 23.5 Å². The van der Waals surface area contributed by atoms with Gasteiger partial charge in [-0.1, -0.05) is 30.4 Å². The van der Waals surface area contributed by atoms with Crippen molar-refractivity contribution in [1.82, 2.24) is 14.8 Å². The number of hydrogen-bond donors (Lipinski definition) is 0. The van der Waals surface area contributed by atoms with Crippen molar-refractivity contribution >= 4 is 44.4 Å². The summed E-state index contributed by atoms with van der Waals surface area (Å²) in [5, 5.41) is 5.23. The van der Waals surface area contributed by atoms with Crippen molar-refractivity contribution < 1.29 is 9.53 Å². The Kier molecular flexibility index (Phi) is 7.35. The predicted octanol–water partition coefficient (Wildman–Crippen LogP) is 5.97. The molecule has 0 aliphatic heterocycles. The van der Waals surface area contributed by atoms with Gasteiger partial charge in [0.2, 0.25) is 0 Å². The van der Waals surface area contributed by atoms with Crippen LogP contribution in [-0.4, -0.2) is 39.6 Å². The molecule has 0 bridgehead atoms. The molecule has 4 rings (SSSR count). The molecule has 0 saturated heterocycles. The van der Waals surface area contributed by atoms with Crippen LogP contribution in [0.3, 0.4) is 0 Å². The second-order valence-electron chi connectivity index (χ2n) is 7.60. The zero-order chi connectivity index (χ0) is 23.4. The second-order valence-corrected chi connectivity index (χ2v) is 9.95. The topological polar surface area (TPSA) is 60.2 Å². The number of nitrogens with zero attached hydrogens (tertiary/aromatic N) is 4. The van der Waals surface area contributed by atoms with E-state index in [0.717, 1.165) is 38.0 Å². The predicted molar refractivity (Wildman–Crippen MR) is 137 cm³/mol. The number of thioether (sulfide) groups is 1. The standard InChI is InChI=1S/C25H28N4O2S2/c1-5-31-21-11-8-12-22-23(21)26-25(33-22)28(13-14-29-18(4)15-17(3)27-29)24(30)19-9-7-10-20(16-19)32-6-2/h7-12,15-16H,5-6,13-14H2,1-4H3. The number of fused-ring (bicyclic) bond motifs is 1. The Labute approximate surface area is 202 Å². The molecule has 2 heterocycles. The Morgan fingerprint density at radius 2 is 1.97 bits per heavy atom. The van der Waals surface area contributed by atoms with Gasteiger partial charge in [0.25, 0.3) is 5.91 Å². The zero-order valence-electron chi connectivity index (χ0n) is 19.4. The number of ether oxygens (including phenoxy) is 1. The first-order valence-electron chi connectivity index (χ1n) is 11.1. The largest absolute Gasteiger partial charge is 0.492 e. The Morgan fingerprint density at radius 1 is 1.15 bits per heavy atom. The molecule has 2 aromatic carbocycles. The molecule has 2 aromatic heterocycles. The van der Waals surface area contributed by atoms with Gasteiger partial charge in [0, 0.05) is 22.7 Å². The fraction of sp³-hybridized carbons (Fsp3) is 0.320. The minimum absolute atomic E-state index is 0.0629. The van der Waals surface area contributed by atoms with Gasteiger partial charge in [-0.2, -0.15) is 5.10 Å². The minimum Gasteiger partial charge on any atom is -0.492 e. The normalized spacial score (nSPS) is 11.2. The molecule has 0 atom stereocenters. The van der Waals surface area contributed by atoms with E-state index in [1.165, 1.54) is 11.3 Å². The number of amides is 1. The van der Waals surface area contributed by atoms with Crippen molar-refractivity contribution in [2.45, 2.75) is 39.1 Å². The van der Waals surface area contributed by atoms with Crippen LogP contribution in [0.1, 0.15) is 35.6 Å². The van der Waals surface area contributed by atoms with Crippen LogP contribution in [0.4, 0.5) is 5.13 Å². The lowest BCUT2D eigenvalue weighted by Crippen LogP contribution is -2.34. The average Bonchev–Trinajstić information content (AvgIpc) is 3.37. The number of anilines is 1. The van der Waals surface area contributed by atoms with Crippen LogP contribution >= 0.6 is 23.1 Å². The lowest BCUT2D eigenvalue weighted by atomic mass is 10.2. The van der Waals surface area contributed by atoms with Crippen LogP contribution in [0.25, 0.3) is 10.2 Å². The summed E-state index contributed by atoms with van der Waals surface area (Å²) in [4.78, 5) is 21.4. The maximum atomic E-state index is 13.7. The highest BCUT2D eigenvalue weighted by atomic mass is 32.2. The third kappa shape index (κ3) is 5.23. The highest BCUT2D eigenvalue weighted by molar-refractivity contribution is 7.99. The summed E-state index contributed by atoms with van der Waals surface area (Å²) in [5.74, 6) is 1.63. The lowest BCUT2D eigenvalue weighted by Gasteiger charge is -2.20. The first-order valence-corrected chi connectivity index (χ1v) is 12.9. The quantitative estimate of drug-likeness (QED) is 0.276. The van der Waals surface area contributed by atoms with E-state index in [-0.39, 0.29) is 5.91 Å². The van der Waals surface area contributed by atoms with E-state index in [9.17, 15) is 4.79 Å². The maximum absolute atomic E-state index is 13.7. The van der Waals surface area contributed by atoms with Crippen molar-refractivity contribution in [3.05, 3.63) is 65.5 Å². The number of rotatable bonds is 9. The van der Waals surface area contributed by atoms with Crippen molar-refractivity contribution in [3.8, 4) is 5.75 Å². The molecular weight excluding hydrogens is 452 g/mol. The Hall–Kier alpha value is -2.84. The summed E-state index contributed by atoms with van der Waals surface area (Å²) in [6, 6.07) is 15.8. The number of hydrogen-bond acceptors (Lipinski definition) is 6. The molecule has 1 amide bonds. The number of carbonyl (C=O) groups excluding carboxylic acids is 1. The molecule has 8 heteroatoms. The van der Waals surface area contributed by atoms with E-state index in [4.69, 9.17) is 9.72 Å². The molecule has 0 unspecified atom stereocenters. The molecule has 0 spiro atoms. The van der Waals surface area contributed by atoms with Crippen LogP contribution in [0.15, 0.2) is 53.4 Å². The monoisotopic (exact) mass is 480 g/mol. The van der Waals surface area contributed by atoms with Crippen molar-refractivity contribution in [3.63, 3.8) is 0 Å². The van der Waals surface area contributed by atoms with E-state index in [1.54, 1.807) is 16.7 Å². The smallest absolute Gasteiger partial charge is 0.260 e.